The van der Waals surface area contributed by atoms with Crippen LogP contribution < -0.4 is 5.73 Å². The van der Waals surface area contributed by atoms with Gasteiger partial charge < -0.3 is 15.0 Å². The zero-order valence-electron chi connectivity index (χ0n) is 12.3. The van der Waals surface area contributed by atoms with E-state index in [1.54, 1.807) is 0 Å². The number of hydrogen-bond acceptors (Lipinski definition) is 3. The lowest BCUT2D eigenvalue weighted by Gasteiger charge is -2.32. The van der Waals surface area contributed by atoms with Gasteiger partial charge in [-0.15, -0.1) is 0 Å². The summed E-state index contributed by atoms with van der Waals surface area (Å²) >= 11 is 0. The van der Waals surface area contributed by atoms with Crippen molar-refractivity contribution in [3.8, 4) is 0 Å². The van der Waals surface area contributed by atoms with E-state index in [9.17, 15) is 0 Å². The maximum absolute atomic E-state index is 6.16. The fourth-order valence-electron chi connectivity index (χ4n) is 2.39. The molecule has 0 aromatic rings. The molecule has 2 N–H and O–H groups in total. The van der Waals surface area contributed by atoms with Crippen LogP contribution in [0.25, 0.3) is 0 Å². The van der Waals surface area contributed by atoms with E-state index in [0.717, 1.165) is 19.3 Å². The van der Waals surface area contributed by atoms with Gasteiger partial charge in [0.2, 0.25) is 0 Å². The first kappa shape index (κ1) is 15.0. The molecular weight excluding hydrogens is 213 g/mol. The molecule has 4 heteroatoms. The molecule has 0 spiro atoms. The Hall–Kier alpha value is -0.0551. The van der Waals surface area contributed by atoms with Crippen LogP contribution in [-0.2, 0) is 9.31 Å². The minimum Gasteiger partial charge on any atom is -0.403 e. The summed E-state index contributed by atoms with van der Waals surface area (Å²) < 4.78 is 12.3. The molecule has 1 saturated heterocycles. The fraction of sp³-hybridized carbons (Fsp3) is 1.00. The second-order valence-corrected chi connectivity index (χ2v) is 6.53. The zero-order valence-corrected chi connectivity index (χ0v) is 12.3. The molecule has 1 unspecified atom stereocenters. The van der Waals surface area contributed by atoms with Crippen molar-refractivity contribution in [3.05, 3.63) is 0 Å². The average Bonchev–Trinajstić information content (AvgIpc) is 2.37. The van der Waals surface area contributed by atoms with Crippen LogP contribution in [0.5, 0.6) is 0 Å². The van der Waals surface area contributed by atoms with E-state index >= 15 is 0 Å². The van der Waals surface area contributed by atoms with Gasteiger partial charge in [0, 0.05) is 5.31 Å². The van der Waals surface area contributed by atoms with Gasteiger partial charge in [0.25, 0.3) is 0 Å². The van der Waals surface area contributed by atoms with Crippen molar-refractivity contribution in [2.24, 2.45) is 5.73 Å². The van der Waals surface area contributed by atoms with Crippen molar-refractivity contribution < 1.29 is 9.31 Å². The van der Waals surface area contributed by atoms with Crippen LogP contribution in [0.3, 0.4) is 0 Å². The molecule has 100 valence electrons. The summed E-state index contributed by atoms with van der Waals surface area (Å²) in [6.07, 6.45) is 3.15. The smallest absolute Gasteiger partial charge is 0.403 e. The van der Waals surface area contributed by atoms with Crippen LogP contribution in [0.4, 0.5) is 0 Å². The van der Waals surface area contributed by atoms with Crippen molar-refractivity contribution in [1.82, 2.24) is 0 Å². The van der Waals surface area contributed by atoms with Crippen LogP contribution in [0, 0.1) is 0 Å². The van der Waals surface area contributed by atoms with Crippen molar-refractivity contribution in [2.45, 2.75) is 77.3 Å². The second-order valence-electron chi connectivity index (χ2n) is 6.53. The molecule has 1 rings (SSSR count). The summed E-state index contributed by atoms with van der Waals surface area (Å²) in [4.78, 5) is 0. The molecule has 1 heterocycles. The van der Waals surface area contributed by atoms with E-state index < -0.39 is 0 Å². The number of rotatable bonds is 5. The van der Waals surface area contributed by atoms with Crippen LogP contribution in [0.1, 0.15) is 60.8 Å². The van der Waals surface area contributed by atoms with E-state index in [1.807, 2.05) is 0 Å². The number of nitrogens with two attached hydrogens (primary N) is 1. The largest absolute Gasteiger partial charge is 0.464 e. The molecule has 0 aromatic heterocycles. The van der Waals surface area contributed by atoms with Crippen LogP contribution >= 0.6 is 0 Å². The summed E-state index contributed by atoms with van der Waals surface area (Å²) in [5.41, 5.74) is 5.24. The van der Waals surface area contributed by atoms with Crippen molar-refractivity contribution in [2.75, 3.05) is 6.54 Å². The first-order valence-corrected chi connectivity index (χ1v) is 6.74. The third kappa shape index (κ3) is 2.86. The van der Waals surface area contributed by atoms with Gasteiger partial charge in [-0.2, -0.15) is 0 Å². The molecule has 0 aliphatic carbocycles. The Morgan fingerprint density at radius 1 is 1.06 bits per heavy atom. The Balaban J connectivity index is 2.86. The third-order valence-electron chi connectivity index (χ3n) is 4.36. The molecule has 0 amide bonds. The summed E-state index contributed by atoms with van der Waals surface area (Å²) in [5, 5.41) is 0.0224. The van der Waals surface area contributed by atoms with Crippen molar-refractivity contribution >= 4 is 7.12 Å². The highest BCUT2D eigenvalue weighted by Gasteiger charge is 2.57. The molecule has 0 aromatic carbocycles. The monoisotopic (exact) mass is 241 g/mol. The molecule has 1 aliphatic rings. The Bertz CT molecular complexity index is 244. The Morgan fingerprint density at radius 3 is 1.88 bits per heavy atom. The molecule has 0 radical (unpaired) electrons. The maximum Gasteiger partial charge on any atom is 0.464 e. The topological polar surface area (TPSA) is 44.5 Å². The first-order valence-electron chi connectivity index (χ1n) is 6.74. The van der Waals surface area contributed by atoms with Gasteiger partial charge >= 0.3 is 7.12 Å². The van der Waals surface area contributed by atoms with Gasteiger partial charge in [-0.05, 0) is 47.1 Å². The lowest BCUT2D eigenvalue weighted by Crippen LogP contribution is -2.41. The van der Waals surface area contributed by atoms with Gasteiger partial charge in [-0.25, -0.2) is 0 Å². The van der Waals surface area contributed by atoms with Crippen LogP contribution in [0.2, 0.25) is 5.31 Å². The quantitative estimate of drug-likeness (QED) is 0.752. The fourth-order valence-corrected chi connectivity index (χ4v) is 2.39. The van der Waals surface area contributed by atoms with Gasteiger partial charge in [0.05, 0.1) is 11.2 Å². The van der Waals surface area contributed by atoms with Crippen molar-refractivity contribution in [1.29, 1.82) is 0 Å². The first-order chi connectivity index (χ1) is 7.68. The van der Waals surface area contributed by atoms with E-state index in [0.29, 0.717) is 6.54 Å². The van der Waals surface area contributed by atoms with Gasteiger partial charge in [-0.1, -0.05) is 20.3 Å². The highest BCUT2D eigenvalue weighted by Crippen LogP contribution is 2.48. The molecule has 1 fully saturated rings. The predicted molar refractivity (Wildman–Crippen MR) is 73.0 cm³/mol. The summed E-state index contributed by atoms with van der Waals surface area (Å²) in [7, 11) is -0.143. The summed E-state index contributed by atoms with van der Waals surface area (Å²) in [5.74, 6) is 0. The minimum absolute atomic E-state index is 0.0224. The van der Waals surface area contributed by atoms with Crippen LogP contribution in [-0.4, -0.2) is 24.9 Å². The van der Waals surface area contributed by atoms with Crippen LogP contribution in [0.15, 0.2) is 0 Å². The van der Waals surface area contributed by atoms with E-state index in [1.165, 1.54) is 0 Å². The van der Waals surface area contributed by atoms with E-state index in [2.05, 4.69) is 41.5 Å². The molecule has 1 aliphatic heterocycles. The molecular formula is C13H28BNO2. The standard InChI is InChI=1S/C13H28BNO2/c1-7-8-13(6,9-10-15)14-16-11(2,3)12(4,5)17-14/h7-10,15H2,1-6H3. The SMILES string of the molecule is CCCC(C)(CCN)B1OC(C)(C)C(C)(C)O1. The molecule has 1 atom stereocenters. The second kappa shape index (κ2) is 4.91. The predicted octanol–water partition coefficient (Wildman–Crippen LogP) is 2.99. The molecule has 3 nitrogen and oxygen atoms in total. The van der Waals surface area contributed by atoms with E-state index in [4.69, 9.17) is 15.0 Å². The zero-order chi connectivity index (χ0) is 13.3. The van der Waals surface area contributed by atoms with Gasteiger partial charge in [0.1, 0.15) is 0 Å². The van der Waals surface area contributed by atoms with Gasteiger partial charge in [-0.3, -0.25) is 0 Å². The summed E-state index contributed by atoms with van der Waals surface area (Å²) in [6, 6.07) is 0. The maximum atomic E-state index is 6.16. The third-order valence-corrected chi connectivity index (χ3v) is 4.36. The normalized spacial score (nSPS) is 25.9. The lowest BCUT2D eigenvalue weighted by molar-refractivity contribution is 0.00578. The van der Waals surface area contributed by atoms with E-state index in [-0.39, 0.29) is 23.6 Å². The minimum atomic E-state index is -0.249. The Kier molecular flexibility index (Phi) is 4.33. The number of hydrogen-bond donors (Lipinski definition) is 1. The molecule has 0 saturated carbocycles. The van der Waals surface area contributed by atoms with Gasteiger partial charge in [0.15, 0.2) is 0 Å². The average molecular weight is 241 g/mol. The molecule has 17 heavy (non-hydrogen) atoms. The van der Waals surface area contributed by atoms with Crippen molar-refractivity contribution in [3.63, 3.8) is 0 Å². The Morgan fingerprint density at radius 2 is 1.53 bits per heavy atom. The summed E-state index contributed by atoms with van der Waals surface area (Å²) in [6.45, 7) is 13.5. The Labute approximate surface area is 107 Å². The molecule has 0 bridgehead atoms. The highest BCUT2D eigenvalue weighted by molar-refractivity contribution is 6.49. The highest BCUT2D eigenvalue weighted by atomic mass is 16.7. The lowest BCUT2D eigenvalue weighted by atomic mass is 9.54.